The maximum atomic E-state index is 9.61. The topological polar surface area (TPSA) is 32.3 Å². The maximum Gasteiger partial charge on any atom is 0.0987 e. The van der Waals surface area contributed by atoms with Gasteiger partial charge in [-0.3, -0.25) is 0 Å². The lowest BCUT2D eigenvalue weighted by Gasteiger charge is -2.20. The Bertz CT molecular complexity index is 125. The zero-order chi connectivity index (χ0) is 6.91. The standard InChI is InChI=1S/C7H13NO/c1-6(2)7(9)3-4-8-5-7/h8-9H,1,3-5H2,2H3. The maximum absolute atomic E-state index is 9.61. The van der Waals surface area contributed by atoms with Crippen LogP contribution in [0.15, 0.2) is 12.2 Å². The van der Waals surface area contributed by atoms with Crippen LogP contribution in [0.25, 0.3) is 0 Å². The predicted molar refractivity (Wildman–Crippen MR) is 37.3 cm³/mol. The molecule has 2 heteroatoms. The molecule has 1 rings (SSSR count). The Kier molecular flexibility index (Phi) is 1.60. The minimum absolute atomic E-state index is 0.611. The van der Waals surface area contributed by atoms with Crippen molar-refractivity contribution in [3.05, 3.63) is 12.2 Å². The molecule has 1 fully saturated rings. The van der Waals surface area contributed by atoms with Crippen LogP contribution in [-0.4, -0.2) is 23.8 Å². The number of hydrogen-bond acceptors (Lipinski definition) is 2. The molecule has 1 heterocycles. The zero-order valence-corrected chi connectivity index (χ0v) is 5.78. The highest BCUT2D eigenvalue weighted by Gasteiger charge is 2.31. The van der Waals surface area contributed by atoms with E-state index < -0.39 is 5.60 Å². The van der Waals surface area contributed by atoms with Crippen molar-refractivity contribution < 1.29 is 5.11 Å². The summed E-state index contributed by atoms with van der Waals surface area (Å²) in [6.07, 6.45) is 0.808. The smallest absolute Gasteiger partial charge is 0.0987 e. The van der Waals surface area contributed by atoms with Crippen molar-refractivity contribution in [2.75, 3.05) is 13.1 Å². The molecule has 0 radical (unpaired) electrons. The summed E-state index contributed by atoms with van der Waals surface area (Å²) in [4.78, 5) is 0. The van der Waals surface area contributed by atoms with Crippen LogP contribution in [0, 0.1) is 0 Å². The molecule has 0 aromatic rings. The van der Waals surface area contributed by atoms with Gasteiger partial charge in [0.05, 0.1) is 5.60 Å². The lowest BCUT2D eigenvalue weighted by atomic mass is 9.96. The van der Waals surface area contributed by atoms with Gasteiger partial charge < -0.3 is 10.4 Å². The van der Waals surface area contributed by atoms with E-state index in [0.29, 0.717) is 6.54 Å². The molecule has 2 N–H and O–H groups in total. The van der Waals surface area contributed by atoms with E-state index in [1.54, 1.807) is 0 Å². The van der Waals surface area contributed by atoms with Crippen LogP contribution in [0.1, 0.15) is 13.3 Å². The second-order valence-electron chi connectivity index (χ2n) is 2.74. The highest BCUT2D eigenvalue weighted by atomic mass is 16.3. The Morgan fingerprint density at radius 3 is 2.67 bits per heavy atom. The minimum atomic E-state index is -0.611. The van der Waals surface area contributed by atoms with Gasteiger partial charge in [-0.1, -0.05) is 6.58 Å². The third-order valence-electron chi connectivity index (χ3n) is 1.93. The van der Waals surface area contributed by atoms with Crippen molar-refractivity contribution in [1.82, 2.24) is 5.32 Å². The molecule has 0 spiro atoms. The summed E-state index contributed by atoms with van der Waals surface area (Å²) in [5, 5.41) is 12.7. The molecule has 1 aliphatic heterocycles. The van der Waals surface area contributed by atoms with E-state index in [1.807, 2.05) is 6.92 Å². The summed E-state index contributed by atoms with van der Waals surface area (Å²) in [5.74, 6) is 0. The van der Waals surface area contributed by atoms with Crippen LogP contribution in [0.5, 0.6) is 0 Å². The number of β-amino-alcohol motifs (C(OH)–C–C–N with tert-alkyl or cyclic N) is 1. The van der Waals surface area contributed by atoms with E-state index in [0.717, 1.165) is 18.5 Å². The quantitative estimate of drug-likeness (QED) is 0.496. The fourth-order valence-corrected chi connectivity index (χ4v) is 1.04. The van der Waals surface area contributed by atoms with Gasteiger partial charge in [0.15, 0.2) is 0 Å². The first-order chi connectivity index (χ1) is 4.15. The van der Waals surface area contributed by atoms with Gasteiger partial charge in [0, 0.05) is 6.54 Å². The molecular weight excluding hydrogens is 114 g/mol. The summed E-state index contributed by atoms with van der Waals surface area (Å²) >= 11 is 0. The molecule has 0 aliphatic carbocycles. The zero-order valence-electron chi connectivity index (χ0n) is 5.78. The summed E-state index contributed by atoms with van der Waals surface area (Å²) < 4.78 is 0. The SMILES string of the molecule is C=C(C)C1(O)CCNC1. The number of nitrogens with one attached hydrogen (secondary N) is 1. The van der Waals surface area contributed by atoms with Crippen LogP contribution in [0.4, 0.5) is 0 Å². The van der Waals surface area contributed by atoms with Gasteiger partial charge in [0.2, 0.25) is 0 Å². The van der Waals surface area contributed by atoms with Crippen LogP contribution < -0.4 is 5.32 Å². The first-order valence-corrected chi connectivity index (χ1v) is 3.24. The summed E-state index contributed by atoms with van der Waals surface area (Å²) in [6.45, 7) is 7.16. The van der Waals surface area contributed by atoms with E-state index in [1.165, 1.54) is 0 Å². The van der Waals surface area contributed by atoms with Gasteiger partial charge in [0.25, 0.3) is 0 Å². The fourth-order valence-electron chi connectivity index (χ4n) is 1.04. The lowest BCUT2D eigenvalue weighted by molar-refractivity contribution is 0.101. The molecule has 0 amide bonds. The Morgan fingerprint density at radius 2 is 2.44 bits per heavy atom. The second kappa shape index (κ2) is 2.12. The molecule has 1 atom stereocenters. The Labute approximate surface area is 55.6 Å². The summed E-state index contributed by atoms with van der Waals surface area (Å²) in [7, 11) is 0. The van der Waals surface area contributed by atoms with Crippen molar-refractivity contribution >= 4 is 0 Å². The molecule has 1 saturated heterocycles. The molecular formula is C7H13NO. The van der Waals surface area contributed by atoms with E-state index >= 15 is 0 Å². The van der Waals surface area contributed by atoms with E-state index in [9.17, 15) is 5.11 Å². The van der Waals surface area contributed by atoms with Crippen molar-refractivity contribution in [2.24, 2.45) is 0 Å². The van der Waals surface area contributed by atoms with E-state index in [-0.39, 0.29) is 0 Å². The first-order valence-electron chi connectivity index (χ1n) is 3.24. The van der Waals surface area contributed by atoms with Crippen LogP contribution >= 0.6 is 0 Å². The number of rotatable bonds is 1. The Hall–Kier alpha value is -0.340. The van der Waals surface area contributed by atoms with Gasteiger partial charge >= 0.3 is 0 Å². The van der Waals surface area contributed by atoms with Crippen molar-refractivity contribution in [3.63, 3.8) is 0 Å². The molecule has 0 aromatic carbocycles. The molecule has 52 valence electrons. The van der Waals surface area contributed by atoms with Crippen molar-refractivity contribution in [2.45, 2.75) is 18.9 Å². The minimum Gasteiger partial charge on any atom is -0.384 e. The summed E-state index contributed by atoms with van der Waals surface area (Å²) in [6, 6.07) is 0. The highest BCUT2D eigenvalue weighted by molar-refractivity contribution is 5.12. The normalized spacial score (nSPS) is 34.9. The average molecular weight is 127 g/mol. The lowest BCUT2D eigenvalue weighted by Crippen LogP contribution is -2.31. The molecule has 0 aromatic heterocycles. The largest absolute Gasteiger partial charge is 0.384 e. The van der Waals surface area contributed by atoms with Gasteiger partial charge in [-0.15, -0.1) is 0 Å². The van der Waals surface area contributed by atoms with Gasteiger partial charge in [-0.25, -0.2) is 0 Å². The molecule has 0 bridgehead atoms. The molecule has 9 heavy (non-hydrogen) atoms. The van der Waals surface area contributed by atoms with Crippen LogP contribution in [0.2, 0.25) is 0 Å². The van der Waals surface area contributed by atoms with Crippen molar-refractivity contribution in [3.8, 4) is 0 Å². The van der Waals surface area contributed by atoms with Crippen molar-refractivity contribution in [1.29, 1.82) is 0 Å². The highest BCUT2D eigenvalue weighted by Crippen LogP contribution is 2.21. The van der Waals surface area contributed by atoms with E-state index in [4.69, 9.17) is 0 Å². The Morgan fingerprint density at radius 1 is 1.78 bits per heavy atom. The fraction of sp³-hybridized carbons (Fsp3) is 0.714. The average Bonchev–Trinajstić information content (AvgIpc) is 2.16. The van der Waals surface area contributed by atoms with Gasteiger partial charge in [-0.05, 0) is 25.5 Å². The predicted octanol–water partition coefficient (Wildman–Crippen LogP) is 0.287. The van der Waals surface area contributed by atoms with Crippen LogP contribution in [0.3, 0.4) is 0 Å². The van der Waals surface area contributed by atoms with Crippen LogP contribution in [-0.2, 0) is 0 Å². The number of hydrogen-bond donors (Lipinski definition) is 2. The second-order valence-corrected chi connectivity index (χ2v) is 2.74. The van der Waals surface area contributed by atoms with E-state index in [2.05, 4.69) is 11.9 Å². The number of aliphatic hydroxyl groups is 1. The molecule has 1 unspecified atom stereocenters. The van der Waals surface area contributed by atoms with Gasteiger partial charge in [-0.2, -0.15) is 0 Å². The Balaban J connectivity index is 2.61. The monoisotopic (exact) mass is 127 g/mol. The van der Waals surface area contributed by atoms with Gasteiger partial charge in [0.1, 0.15) is 0 Å². The summed E-state index contributed by atoms with van der Waals surface area (Å²) in [5.41, 5.74) is 0.257. The third kappa shape index (κ3) is 1.14. The molecule has 2 nitrogen and oxygen atoms in total. The first kappa shape index (κ1) is 6.78. The molecule has 1 aliphatic rings. The molecule has 0 saturated carbocycles. The third-order valence-corrected chi connectivity index (χ3v) is 1.93.